The zero-order chi connectivity index (χ0) is 40.5. The fraction of sp³-hybridized carbons (Fsp3) is 0.875. The van der Waals surface area contributed by atoms with Gasteiger partial charge in [-0.2, -0.15) is 0 Å². The van der Waals surface area contributed by atoms with Crippen LogP contribution in [0.2, 0.25) is 0 Å². The molecule has 14 nitrogen and oxygen atoms in total. The van der Waals surface area contributed by atoms with E-state index in [2.05, 4.69) is 44.1 Å². The van der Waals surface area contributed by atoms with Gasteiger partial charge < -0.3 is 45.3 Å². The summed E-state index contributed by atoms with van der Waals surface area (Å²) in [5, 5.41) is 20.7. The van der Waals surface area contributed by atoms with E-state index in [-0.39, 0.29) is 55.0 Å². The Morgan fingerprint density at radius 2 is 0.891 bits per heavy atom. The van der Waals surface area contributed by atoms with Gasteiger partial charge in [-0.15, -0.1) is 0 Å². The molecule has 0 spiro atoms. The summed E-state index contributed by atoms with van der Waals surface area (Å²) in [7, 11) is 0. The van der Waals surface area contributed by atoms with Gasteiger partial charge in [0.15, 0.2) is 0 Å². The van der Waals surface area contributed by atoms with E-state index < -0.39 is 12.0 Å². The molecule has 0 aromatic rings. The number of rotatable bonds is 42. The van der Waals surface area contributed by atoms with Gasteiger partial charge in [0.05, 0.1) is 58.2 Å². The minimum absolute atomic E-state index is 0.0955. The summed E-state index contributed by atoms with van der Waals surface area (Å²) >= 11 is 3.06. The average Bonchev–Trinajstić information content (AvgIpc) is 3.17. The third-order valence-corrected chi connectivity index (χ3v) is 9.34. The third kappa shape index (κ3) is 39.7. The van der Waals surface area contributed by atoms with E-state index in [1.165, 1.54) is 77.0 Å². The number of carboxylic acids is 1. The lowest BCUT2D eigenvalue weighted by molar-refractivity contribution is -0.142. The first-order valence-corrected chi connectivity index (χ1v) is 22.1. The van der Waals surface area contributed by atoms with Crippen LogP contribution in [0.1, 0.15) is 142 Å². The molecule has 0 aliphatic heterocycles. The number of hydrogen-bond acceptors (Lipinski definition) is 9. The molecule has 0 aromatic heterocycles. The summed E-state index contributed by atoms with van der Waals surface area (Å²) < 4.78 is 21.5. The van der Waals surface area contributed by atoms with Gasteiger partial charge >= 0.3 is 5.97 Å². The van der Waals surface area contributed by atoms with Crippen LogP contribution in [-0.4, -0.2) is 119 Å². The highest BCUT2D eigenvalue weighted by molar-refractivity contribution is 9.09. The highest BCUT2D eigenvalue weighted by Gasteiger charge is 2.19. The SMILES string of the molecule is CCCCCCCCCCCCCCCCCC(=O)N[C@@H](CCCCNC(=O)CCOCCOCCNC(=O)CCOCCOCCNC(=O)CBr)C(=O)O. The highest BCUT2D eigenvalue weighted by atomic mass is 79.9. The van der Waals surface area contributed by atoms with Crippen LogP contribution in [0.3, 0.4) is 0 Å². The first kappa shape index (κ1) is 52.7. The van der Waals surface area contributed by atoms with E-state index >= 15 is 0 Å². The second-order valence-electron chi connectivity index (χ2n) is 13.8. The molecule has 55 heavy (non-hydrogen) atoms. The van der Waals surface area contributed by atoms with Crippen molar-refractivity contribution in [1.82, 2.24) is 21.3 Å². The Bertz CT molecular complexity index is 963. The zero-order valence-corrected chi connectivity index (χ0v) is 35.5. The van der Waals surface area contributed by atoms with Crippen LogP contribution in [0, 0.1) is 0 Å². The van der Waals surface area contributed by atoms with Crippen molar-refractivity contribution in [3.63, 3.8) is 0 Å². The summed E-state index contributed by atoms with van der Waals surface area (Å²) in [5.41, 5.74) is 0. The van der Waals surface area contributed by atoms with Crippen LogP contribution < -0.4 is 21.3 Å². The van der Waals surface area contributed by atoms with Gasteiger partial charge in [-0.1, -0.05) is 113 Å². The number of carbonyl (C=O) groups is 5. The number of carbonyl (C=O) groups excluding carboxylic acids is 4. The molecule has 1 atom stereocenters. The summed E-state index contributed by atoms with van der Waals surface area (Å²) in [6.07, 6.45) is 21.1. The molecule has 0 rings (SSSR count). The summed E-state index contributed by atoms with van der Waals surface area (Å²) in [4.78, 5) is 58.9. The molecule has 5 N–H and O–H groups in total. The lowest BCUT2D eigenvalue weighted by atomic mass is 10.0. The maximum atomic E-state index is 12.3. The molecule has 0 aromatic carbocycles. The van der Waals surface area contributed by atoms with Crippen molar-refractivity contribution in [2.75, 3.05) is 77.8 Å². The van der Waals surface area contributed by atoms with E-state index in [0.717, 1.165) is 19.3 Å². The molecule has 15 heteroatoms. The highest BCUT2D eigenvalue weighted by Crippen LogP contribution is 2.14. The van der Waals surface area contributed by atoms with Crippen molar-refractivity contribution in [1.29, 1.82) is 0 Å². The number of nitrogens with one attached hydrogen (secondary N) is 4. The topological polar surface area (TPSA) is 191 Å². The van der Waals surface area contributed by atoms with E-state index in [1.54, 1.807) is 0 Å². The normalized spacial score (nSPS) is 11.6. The largest absolute Gasteiger partial charge is 0.480 e. The predicted molar refractivity (Wildman–Crippen MR) is 218 cm³/mol. The lowest BCUT2D eigenvalue weighted by Gasteiger charge is -2.14. The molecule has 0 bridgehead atoms. The molecule has 322 valence electrons. The van der Waals surface area contributed by atoms with Crippen LogP contribution in [-0.2, 0) is 42.9 Å². The molecular formula is C40H75BrN4O10. The Kier molecular flexibility index (Phi) is 39.6. The van der Waals surface area contributed by atoms with E-state index in [1.807, 2.05) is 0 Å². The predicted octanol–water partition coefficient (Wildman–Crippen LogP) is 5.58. The average molecular weight is 852 g/mol. The van der Waals surface area contributed by atoms with Gasteiger partial charge in [-0.05, 0) is 25.7 Å². The van der Waals surface area contributed by atoms with Gasteiger partial charge in [-0.25, -0.2) is 4.79 Å². The van der Waals surface area contributed by atoms with Crippen LogP contribution in [0.15, 0.2) is 0 Å². The van der Waals surface area contributed by atoms with Crippen molar-refractivity contribution in [2.24, 2.45) is 0 Å². The van der Waals surface area contributed by atoms with E-state index in [4.69, 9.17) is 18.9 Å². The zero-order valence-electron chi connectivity index (χ0n) is 33.9. The van der Waals surface area contributed by atoms with Crippen molar-refractivity contribution in [3.8, 4) is 0 Å². The molecule has 0 saturated carbocycles. The van der Waals surface area contributed by atoms with Crippen LogP contribution in [0.5, 0.6) is 0 Å². The van der Waals surface area contributed by atoms with Gasteiger partial charge in [0.25, 0.3) is 0 Å². The number of aliphatic carboxylic acids is 1. The standard InChI is InChI=1S/C40H75BrN4O10/c1-2-3-4-5-6-7-8-9-10-11-12-13-14-15-16-20-38(48)45-35(40(50)51)19-17-18-23-42-36(46)21-26-52-30-32-54-28-24-43-37(47)22-27-53-31-33-55-29-25-44-39(49)34-41/h35H,2-34H2,1H3,(H,42,46)(H,43,47)(H,44,49)(H,45,48)(H,50,51)/t35-/m0/s1. The lowest BCUT2D eigenvalue weighted by Crippen LogP contribution is -2.40. The monoisotopic (exact) mass is 850 g/mol. The molecule has 0 radical (unpaired) electrons. The Hall–Kier alpha value is -2.33. The number of hydrogen-bond donors (Lipinski definition) is 5. The first-order valence-electron chi connectivity index (χ1n) is 21.0. The maximum absolute atomic E-state index is 12.3. The molecule has 0 heterocycles. The van der Waals surface area contributed by atoms with Crippen molar-refractivity contribution in [2.45, 2.75) is 148 Å². The number of halogens is 1. The summed E-state index contributed by atoms with van der Waals surface area (Å²) in [6, 6.07) is -0.916. The molecule has 0 aliphatic carbocycles. The van der Waals surface area contributed by atoms with E-state index in [0.29, 0.717) is 85.0 Å². The number of unbranched alkanes of at least 4 members (excludes halogenated alkanes) is 15. The molecular weight excluding hydrogens is 776 g/mol. The summed E-state index contributed by atoms with van der Waals surface area (Å²) in [5.74, 6) is -1.63. The second-order valence-corrected chi connectivity index (χ2v) is 14.3. The number of carboxylic acid groups (broad SMARTS) is 1. The molecule has 4 amide bonds. The molecule has 0 fully saturated rings. The third-order valence-electron chi connectivity index (χ3n) is 8.83. The van der Waals surface area contributed by atoms with Gasteiger partial charge in [0, 0.05) is 38.9 Å². The minimum atomic E-state index is -1.04. The van der Waals surface area contributed by atoms with Crippen molar-refractivity contribution < 1.29 is 48.0 Å². The Labute approximate surface area is 339 Å². The van der Waals surface area contributed by atoms with Crippen LogP contribution in [0.25, 0.3) is 0 Å². The number of alkyl halides is 1. The first-order chi connectivity index (χ1) is 26.8. The summed E-state index contributed by atoms with van der Waals surface area (Å²) in [6.45, 7) is 6.13. The Morgan fingerprint density at radius 1 is 0.473 bits per heavy atom. The fourth-order valence-corrected chi connectivity index (χ4v) is 5.80. The van der Waals surface area contributed by atoms with Crippen LogP contribution in [0.4, 0.5) is 0 Å². The fourth-order valence-electron chi connectivity index (χ4n) is 5.60. The van der Waals surface area contributed by atoms with Crippen LogP contribution >= 0.6 is 15.9 Å². The quantitative estimate of drug-likeness (QED) is 0.0383. The minimum Gasteiger partial charge on any atom is -0.480 e. The number of ether oxygens (including phenoxy) is 4. The van der Waals surface area contributed by atoms with Crippen molar-refractivity contribution >= 4 is 45.5 Å². The van der Waals surface area contributed by atoms with Gasteiger partial charge in [0.1, 0.15) is 6.04 Å². The van der Waals surface area contributed by atoms with Gasteiger partial charge in [-0.3, -0.25) is 19.2 Å². The second kappa shape index (κ2) is 41.3. The molecule has 0 unspecified atom stereocenters. The Balaban J connectivity index is 3.59. The van der Waals surface area contributed by atoms with Crippen molar-refractivity contribution in [3.05, 3.63) is 0 Å². The number of amides is 4. The maximum Gasteiger partial charge on any atom is 0.326 e. The smallest absolute Gasteiger partial charge is 0.326 e. The van der Waals surface area contributed by atoms with Gasteiger partial charge in [0.2, 0.25) is 23.6 Å². The molecule has 0 aliphatic rings. The molecule has 0 saturated heterocycles. The van der Waals surface area contributed by atoms with E-state index in [9.17, 15) is 29.1 Å². The Morgan fingerprint density at radius 3 is 1.35 bits per heavy atom.